The number of aliphatic carboxylic acids is 1. The molecule has 1 N–H and O–H groups in total. The van der Waals surface area contributed by atoms with Crippen molar-refractivity contribution in [2.75, 3.05) is 13.6 Å². The van der Waals surface area contributed by atoms with Gasteiger partial charge >= 0.3 is 5.97 Å². The Bertz CT molecular complexity index is 948. The first-order chi connectivity index (χ1) is 12.5. The standard InChI is InChI=1S/C20H21N3O3/c1-14-21-17-13-15(20(26)22(2)12-6-9-19(24)25)10-11-18(17)23(14)16-7-4-3-5-8-16/h3-5,7-8,10-11,13H,6,9,12H2,1-2H3,(H,24,25). The first-order valence-electron chi connectivity index (χ1n) is 8.49. The molecule has 134 valence electrons. The molecule has 0 spiro atoms. The van der Waals surface area contributed by atoms with Gasteiger partial charge in [-0.2, -0.15) is 0 Å². The van der Waals surface area contributed by atoms with Gasteiger partial charge in [-0.05, 0) is 43.7 Å². The lowest BCUT2D eigenvalue weighted by Crippen LogP contribution is -2.28. The first-order valence-corrected chi connectivity index (χ1v) is 8.49. The smallest absolute Gasteiger partial charge is 0.303 e. The summed E-state index contributed by atoms with van der Waals surface area (Å²) in [4.78, 5) is 29.3. The molecule has 0 bridgehead atoms. The number of amides is 1. The van der Waals surface area contributed by atoms with Gasteiger partial charge < -0.3 is 10.0 Å². The van der Waals surface area contributed by atoms with Crippen molar-refractivity contribution in [2.24, 2.45) is 0 Å². The molecule has 6 nitrogen and oxygen atoms in total. The second kappa shape index (κ2) is 7.39. The number of benzene rings is 2. The van der Waals surface area contributed by atoms with E-state index in [1.54, 1.807) is 24.1 Å². The van der Waals surface area contributed by atoms with Crippen LogP contribution in [0.25, 0.3) is 16.7 Å². The van der Waals surface area contributed by atoms with Crippen molar-refractivity contribution in [3.8, 4) is 5.69 Å². The van der Waals surface area contributed by atoms with Gasteiger partial charge in [-0.15, -0.1) is 0 Å². The molecule has 0 aliphatic rings. The van der Waals surface area contributed by atoms with Crippen molar-refractivity contribution in [3.05, 3.63) is 59.9 Å². The number of imidazole rings is 1. The Morgan fingerprint density at radius 3 is 2.58 bits per heavy atom. The van der Waals surface area contributed by atoms with Gasteiger partial charge in [0.15, 0.2) is 0 Å². The highest BCUT2D eigenvalue weighted by Gasteiger charge is 2.15. The molecule has 1 aromatic heterocycles. The average molecular weight is 351 g/mol. The third-order valence-electron chi connectivity index (χ3n) is 4.31. The molecule has 0 saturated heterocycles. The number of para-hydroxylation sites is 1. The predicted octanol–water partition coefficient (Wildman–Crippen LogP) is 3.27. The number of carbonyl (C=O) groups is 2. The predicted molar refractivity (Wildman–Crippen MR) is 99.6 cm³/mol. The number of fused-ring (bicyclic) bond motifs is 1. The summed E-state index contributed by atoms with van der Waals surface area (Å²) in [6, 6.07) is 15.4. The van der Waals surface area contributed by atoms with Crippen molar-refractivity contribution in [1.82, 2.24) is 14.5 Å². The van der Waals surface area contributed by atoms with Gasteiger partial charge in [-0.1, -0.05) is 18.2 Å². The third kappa shape index (κ3) is 3.59. The Hall–Kier alpha value is -3.15. The quantitative estimate of drug-likeness (QED) is 0.739. The summed E-state index contributed by atoms with van der Waals surface area (Å²) in [7, 11) is 1.68. The molecule has 26 heavy (non-hydrogen) atoms. The van der Waals surface area contributed by atoms with Gasteiger partial charge in [0.2, 0.25) is 0 Å². The van der Waals surface area contributed by atoms with Crippen LogP contribution in [0.3, 0.4) is 0 Å². The van der Waals surface area contributed by atoms with Gasteiger partial charge in [0.25, 0.3) is 5.91 Å². The van der Waals surface area contributed by atoms with E-state index in [1.807, 2.05) is 43.3 Å². The average Bonchev–Trinajstić information content (AvgIpc) is 2.96. The number of carbonyl (C=O) groups excluding carboxylic acids is 1. The Morgan fingerprint density at radius 2 is 1.88 bits per heavy atom. The van der Waals surface area contributed by atoms with Gasteiger partial charge in [0, 0.05) is 31.3 Å². The highest BCUT2D eigenvalue weighted by molar-refractivity contribution is 5.97. The highest BCUT2D eigenvalue weighted by Crippen LogP contribution is 2.22. The van der Waals surface area contributed by atoms with Crippen LogP contribution >= 0.6 is 0 Å². The maximum absolute atomic E-state index is 12.6. The number of carboxylic acids is 1. The van der Waals surface area contributed by atoms with Crippen LogP contribution in [0.15, 0.2) is 48.5 Å². The number of carboxylic acid groups (broad SMARTS) is 1. The molecule has 1 heterocycles. The zero-order valence-corrected chi connectivity index (χ0v) is 14.8. The van der Waals surface area contributed by atoms with E-state index in [1.165, 1.54) is 0 Å². The molecule has 0 atom stereocenters. The first kappa shape index (κ1) is 17.7. The molecule has 0 fully saturated rings. The van der Waals surface area contributed by atoms with E-state index < -0.39 is 5.97 Å². The fourth-order valence-corrected chi connectivity index (χ4v) is 3.03. The Balaban J connectivity index is 1.86. The summed E-state index contributed by atoms with van der Waals surface area (Å²) >= 11 is 0. The topological polar surface area (TPSA) is 75.4 Å². The summed E-state index contributed by atoms with van der Waals surface area (Å²) in [6.07, 6.45) is 0.485. The van der Waals surface area contributed by atoms with E-state index >= 15 is 0 Å². The van der Waals surface area contributed by atoms with E-state index in [0.717, 1.165) is 22.5 Å². The van der Waals surface area contributed by atoms with E-state index in [0.29, 0.717) is 18.5 Å². The maximum Gasteiger partial charge on any atom is 0.303 e. The molecule has 0 unspecified atom stereocenters. The summed E-state index contributed by atoms with van der Waals surface area (Å²) in [5.74, 6) is -0.135. The minimum Gasteiger partial charge on any atom is -0.481 e. The lowest BCUT2D eigenvalue weighted by molar-refractivity contribution is -0.137. The zero-order chi connectivity index (χ0) is 18.7. The molecular weight excluding hydrogens is 330 g/mol. The molecule has 1 amide bonds. The number of aromatic nitrogens is 2. The van der Waals surface area contributed by atoms with Crippen molar-refractivity contribution in [3.63, 3.8) is 0 Å². The molecule has 3 aromatic rings. The molecule has 2 aromatic carbocycles. The largest absolute Gasteiger partial charge is 0.481 e. The highest BCUT2D eigenvalue weighted by atomic mass is 16.4. The lowest BCUT2D eigenvalue weighted by Gasteiger charge is -2.16. The molecule has 6 heteroatoms. The van der Waals surface area contributed by atoms with Crippen LogP contribution < -0.4 is 0 Å². The maximum atomic E-state index is 12.6. The fourth-order valence-electron chi connectivity index (χ4n) is 3.03. The number of hydrogen-bond acceptors (Lipinski definition) is 3. The zero-order valence-electron chi connectivity index (χ0n) is 14.8. The van der Waals surface area contributed by atoms with E-state index in [2.05, 4.69) is 9.55 Å². The van der Waals surface area contributed by atoms with Crippen LogP contribution in [0.4, 0.5) is 0 Å². The van der Waals surface area contributed by atoms with Crippen molar-refractivity contribution < 1.29 is 14.7 Å². The van der Waals surface area contributed by atoms with Crippen LogP contribution in [0, 0.1) is 6.92 Å². The summed E-state index contributed by atoms with van der Waals surface area (Å²) in [5.41, 5.74) is 3.28. The summed E-state index contributed by atoms with van der Waals surface area (Å²) in [6.45, 7) is 2.34. The Kier molecular flexibility index (Phi) is 5.02. The van der Waals surface area contributed by atoms with Crippen LogP contribution in [-0.2, 0) is 4.79 Å². The van der Waals surface area contributed by atoms with Crippen LogP contribution in [0.2, 0.25) is 0 Å². The molecule has 0 saturated carbocycles. The molecule has 3 rings (SSSR count). The van der Waals surface area contributed by atoms with Gasteiger partial charge in [-0.25, -0.2) is 4.98 Å². The number of hydrogen-bond donors (Lipinski definition) is 1. The Morgan fingerprint density at radius 1 is 1.15 bits per heavy atom. The second-order valence-corrected chi connectivity index (χ2v) is 6.26. The van der Waals surface area contributed by atoms with E-state index in [-0.39, 0.29) is 12.3 Å². The summed E-state index contributed by atoms with van der Waals surface area (Å²) in [5, 5.41) is 8.71. The van der Waals surface area contributed by atoms with Crippen molar-refractivity contribution in [1.29, 1.82) is 0 Å². The van der Waals surface area contributed by atoms with Gasteiger partial charge in [0.05, 0.1) is 11.0 Å². The van der Waals surface area contributed by atoms with E-state index in [4.69, 9.17) is 5.11 Å². The van der Waals surface area contributed by atoms with Crippen LogP contribution in [0.1, 0.15) is 29.0 Å². The third-order valence-corrected chi connectivity index (χ3v) is 4.31. The Labute approximate surface area is 151 Å². The van der Waals surface area contributed by atoms with Gasteiger partial charge in [0.1, 0.15) is 5.82 Å². The molecular formula is C20H21N3O3. The van der Waals surface area contributed by atoms with E-state index in [9.17, 15) is 9.59 Å². The van der Waals surface area contributed by atoms with Crippen molar-refractivity contribution >= 4 is 22.9 Å². The van der Waals surface area contributed by atoms with Crippen LogP contribution in [-0.4, -0.2) is 45.0 Å². The van der Waals surface area contributed by atoms with Crippen molar-refractivity contribution in [2.45, 2.75) is 19.8 Å². The molecule has 0 radical (unpaired) electrons. The van der Waals surface area contributed by atoms with Gasteiger partial charge in [-0.3, -0.25) is 14.2 Å². The SMILES string of the molecule is Cc1nc2cc(C(=O)N(C)CCCC(=O)O)ccc2n1-c1ccccc1. The normalized spacial score (nSPS) is 10.8. The molecule has 0 aliphatic carbocycles. The minimum absolute atomic E-state index is 0.0529. The van der Waals surface area contributed by atoms with Crippen LogP contribution in [0.5, 0.6) is 0 Å². The molecule has 0 aliphatic heterocycles. The fraction of sp³-hybridized carbons (Fsp3) is 0.250. The monoisotopic (exact) mass is 351 g/mol. The number of rotatable bonds is 6. The minimum atomic E-state index is -0.853. The lowest BCUT2D eigenvalue weighted by atomic mass is 10.1. The number of aryl methyl sites for hydroxylation is 1. The second-order valence-electron chi connectivity index (χ2n) is 6.26. The number of nitrogens with zero attached hydrogens (tertiary/aromatic N) is 3. The summed E-state index contributed by atoms with van der Waals surface area (Å²) < 4.78 is 2.06.